The van der Waals surface area contributed by atoms with Gasteiger partial charge in [0.05, 0.1) is 10.2 Å². The van der Waals surface area contributed by atoms with Crippen molar-refractivity contribution in [3.05, 3.63) is 47.5 Å². The average molecular weight is 327 g/mol. The first-order valence-electron chi connectivity index (χ1n) is 7.17. The van der Waals surface area contributed by atoms with Gasteiger partial charge in [0.25, 0.3) is 5.91 Å². The van der Waals surface area contributed by atoms with Gasteiger partial charge in [0, 0.05) is 5.69 Å². The van der Waals surface area contributed by atoms with Crippen LogP contribution in [-0.4, -0.2) is 17.5 Å². The lowest BCUT2D eigenvalue weighted by Crippen LogP contribution is -2.20. The van der Waals surface area contributed by atoms with E-state index in [1.165, 1.54) is 16.9 Å². The molecule has 0 aliphatic carbocycles. The number of aromatic nitrogens is 1. The molecule has 3 N–H and O–H groups in total. The number of carbonyl (C=O) groups is 1. The van der Waals surface area contributed by atoms with Gasteiger partial charge in [0.15, 0.2) is 11.7 Å². The lowest BCUT2D eigenvalue weighted by atomic mass is 10.1. The third-order valence-electron chi connectivity index (χ3n) is 3.54. The van der Waals surface area contributed by atoms with Gasteiger partial charge in [-0.3, -0.25) is 4.79 Å². The molecule has 23 heavy (non-hydrogen) atoms. The number of nitrogen functional groups attached to an aromatic ring is 1. The number of aryl methyl sites for hydroxylation is 2. The van der Waals surface area contributed by atoms with Gasteiger partial charge in [0.1, 0.15) is 5.75 Å². The first-order chi connectivity index (χ1) is 11.0. The van der Waals surface area contributed by atoms with Gasteiger partial charge >= 0.3 is 0 Å². The van der Waals surface area contributed by atoms with Crippen molar-refractivity contribution in [2.24, 2.45) is 0 Å². The number of ether oxygens (including phenoxy) is 1. The van der Waals surface area contributed by atoms with Crippen LogP contribution in [0.25, 0.3) is 10.2 Å². The molecule has 0 unspecified atom stereocenters. The quantitative estimate of drug-likeness (QED) is 0.769. The summed E-state index contributed by atoms with van der Waals surface area (Å²) in [6, 6.07) is 11.3. The topological polar surface area (TPSA) is 77.2 Å². The van der Waals surface area contributed by atoms with Crippen LogP contribution in [0.3, 0.4) is 0 Å². The van der Waals surface area contributed by atoms with Crippen LogP contribution in [0, 0.1) is 13.8 Å². The maximum absolute atomic E-state index is 12.0. The summed E-state index contributed by atoms with van der Waals surface area (Å²) in [5.41, 5.74) is 9.54. The highest BCUT2D eigenvalue weighted by molar-refractivity contribution is 7.22. The second kappa shape index (κ2) is 6.26. The van der Waals surface area contributed by atoms with Crippen LogP contribution >= 0.6 is 11.3 Å². The van der Waals surface area contributed by atoms with E-state index in [1.807, 2.05) is 44.2 Å². The number of fused-ring (bicyclic) bond motifs is 1. The number of anilines is 2. The highest BCUT2D eigenvalue weighted by atomic mass is 32.1. The molecule has 6 heteroatoms. The minimum absolute atomic E-state index is 0.0363. The molecular weight excluding hydrogens is 310 g/mol. The highest BCUT2D eigenvalue weighted by Gasteiger charge is 2.07. The zero-order chi connectivity index (χ0) is 16.4. The van der Waals surface area contributed by atoms with Crippen LogP contribution in [0.15, 0.2) is 36.4 Å². The third kappa shape index (κ3) is 3.60. The van der Waals surface area contributed by atoms with Gasteiger partial charge in [0.2, 0.25) is 0 Å². The molecular formula is C17H17N3O2S. The van der Waals surface area contributed by atoms with Crippen molar-refractivity contribution < 1.29 is 9.53 Å². The van der Waals surface area contributed by atoms with Crippen LogP contribution in [0.4, 0.5) is 10.8 Å². The van der Waals surface area contributed by atoms with E-state index in [4.69, 9.17) is 10.5 Å². The zero-order valence-corrected chi connectivity index (χ0v) is 13.7. The molecule has 0 saturated heterocycles. The number of thiazole rings is 1. The number of carbonyl (C=O) groups excluding carboxylic acids is 1. The first-order valence-corrected chi connectivity index (χ1v) is 7.99. The molecule has 0 atom stereocenters. The van der Waals surface area contributed by atoms with Crippen LogP contribution in [-0.2, 0) is 4.79 Å². The van der Waals surface area contributed by atoms with E-state index < -0.39 is 0 Å². The van der Waals surface area contributed by atoms with E-state index in [0.717, 1.165) is 15.8 Å². The number of rotatable bonds is 4. The van der Waals surface area contributed by atoms with Crippen molar-refractivity contribution in [2.45, 2.75) is 13.8 Å². The average Bonchev–Trinajstić information content (AvgIpc) is 2.88. The smallest absolute Gasteiger partial charge is 0.262 e. The first kappa shape index (κ1) is 15.3. The predicted molar refractivity (Wildman–Crippen MR) is 94.1 cm³/mol. The third-order valence-corrected chi connectivity index (χ3v) is 4.38. The summed E-state index contributed by atoms with van der Waals surface area (Å²) in [5.74, 6) is 0.481. The molecule has 1 heterocycles. The van der Waals surface area contributed by atoms with Gasteiger partial charge in [-0.25, -0.2) is 4.98 Å². The van der Waals surface area contributed by atoms with E-state index in [1.54, 1.807) is 6.07 Å². The van der Waals surface area contributed by atoms with E-state index in [9.17, 15) is 4.79 Å². The van der Waals surface area contributed by atoms with Crippen molar-refractivity contribution in [1.82, 2.24) is 4.98 Å². The van der Waals surface area contributed by atoms with E-state index in [0.29, 0.717) is 16.6 Å². The largest absolute Gasteiger partial charge is 0.484 e. The van der Waals surface area contributed by atoms with E-state index >= 15 is 0 Å². The number of nitrogens with zero attached hydrogens (tertiary/aromatic N) is 1. The maximum Gasteiger partial charge on any atom is 0.262 e. The molecule has 0 saturated carbocycles. The summed E-state index contributed by atoms with van der Waals surface area (Å²) >= 11 is 1.39. The molecule has 3 aromatic rings. The zero-order valence-electron chi connectivity index (χ0n) is 12.9. The number of nitrogens with two attached hydrogens (primary N) is 1. The van der Waals surface area contributed by atoms with Crippen molar-refractivity contribution >= 4 is 38.3 Å². The molecule has 5 nitrogen and oxygen atoms in total. The Labute approximate surface area is 138 Å². The summed E-state index contributed by atoms with van der Waals surface area (Å²) in [6.07, 6.45) is 0. The number of nitrogens with one attached hydrogen (secondary N) is 1. The Kier molecular flexibility index (Phi) is 4.16. The monoisotopic (exact) mass is 327 g/mol. The molecule has 3 rings (SSSR count). The SMILES string of the molecule is Cc1ccc(OCC(=O)Nc2ccc3nc(N)sc3c2)cc1C. The molecule has 0 aliphatic rings. The Bertz CT molecular complexity index is 873. The summed E-state index contributed by atoms with van der Waals surface area (Å²) < 4.78 is 6.47. The van der Waals surface area contributed by atoms with Gasteiger partial charge in [-0.1, -0.05) is 17.4 Å². The fourth-order valence-electron chi connectivity index (χ4n) is 2.17. The maximum atomic E-state index is 12.0. The second-order valence-corrected chi connectivity index (χ2v) is 6.38. The lowest BCUT2D eigenvalue weighted by Gasteiger charge is -2.09. The molecule has 1 aromatic heterocycles. The molecule has 0 bridgehead atoms. The molecule has 0 spiro atoms. The van der Waals surface area contributed by atoms with E-state index in [2.05, 4.69) is 10.3 Å². The van der Waals surface area contributed by atoms with Gasteiger partial charge in [-0.15, -0.1) is 0 Å². The normalized spacial score (nSPS) is 10.7. The lowest BCUT2D eigenvalue weighted by molar-refractivity contribution is -0.118. The van der Waals surface area contributed by atoms with Crippen molar-refractivity contribution in [2.75, 3.05) is 17.7 Å². The Hall–Kier alpha value is -2.60. The summed E-state index contributed by atoms with van der Waals surface area (Å²) in [5, 5.41) is 3.33. The molecule has 1 amide bonds. The molecule has 0 radical (unpaired) electrons. The van der Waals surface area contributed by atoms with Crippen molar-refractivity contribution in [3.8, 4) is 5.75 Å². The second-order valence-electron chi connectivity index (χ2n) is 5.32. The summed E-state index contributed by atoms with van der Waals surface area (Å²) in [6.45, 7) is 4.01. The van der Waals surface area contributed by atoms with Crippen molar-refractivity contribution in [1.29, 1.82) is 0 Å². The van der Waals surface area contributed by atoms with Crippen LogP contribution in [0.5, 0.6) is 5.75 Å². The fraction of sp³-hybridized carbons (Fsp3) is 0.176. The Morgan fingerprint density at radius 2 is 2.04 bits per heavy atom. The summed E-state index contributed by atoms with van der Waals surface area (Å²) in [7, 11) is 0. The minimum Gasteiger partial charge on any atom is -0.484 e. The van der Waals surface area contributed by atoms with Crippen LogP contribution in [0.1, 0.15) is 11.1 Å². The standard InChI is InChI=1S/C17H17N3O2S/c1-10-3-5-13(7-11(10)2)22-9-16(21)19-12-4-6-14-15(8-12)23-17(18)20-14/h3-8H,9H2,1-2H3,(H2,18,20)(H,19,21). The van der Waals surface area contributed by atoms with Crippen LogP contribution in [0.2, 0.25) is 0 Å². The Balaban J connectivity index is 1.62. The van der Waals surface area contributed by atoms with Crippen LogP contribution < -0.4 is 15.8 Å². The number of benzene rings is 2. The van der Waals surface area contributed by atoms with Gasteiger partial charge in [-0.2, -0.15) is 0 Å². The van der Waals surface area contributed by atoms with Crippen molar-refractivity contribution in [3.63, 3.8) is 0 Å². The Morgan fingerprint density at radius 1 is 1.22 bits per heavy atom. The number of hydrogen-bond acceptors (Lipinski definition) is 5. The fourth-order valence-corrected chi connectivity index (χ4v) is 2.94. The van der Waals surface area contributed by atoms with Gasteiger partial charge < -0.3 is 15.8 Å². The Morgan fingerprint density at radius 3 is 2.83 bits per heavy atom. The molecule has 2 aromatic carbocycles. The molecule has 0 fully saturated rings. The van der Waals surface area contributed by atoms with E-state index in [-0.39, 0.29) is 12.5 Å². The number of hydrogen-bond donors (Lipinski definition) is 2. The number of amides is 1. The van der Waals surface area contributed by atoms with Gasteiger partial charge in [-0.05, 0) is 55.3 Å². The minimum atomic E-state index is -0.208. The molecule has 0 aliphatic heterocycles. The predicted octanol–water partition coefficient (Wildman–Crippen LogP) is 3.51. The summed E-state index contributed by atoms with van der Waals surface area (Å²) in [4.78, 5) is 16.2. The molecule has 118 valence electrons. The highest BCUT2D eigenvalue weighted by Crippen LogP contribution is 2.26.